The van der Waals surface area contributed by atoms with Crippen LogP contribution in [-0.2, 0) is 9.59 Å². The Hall–Kier alpha value is -4.94. The van der Waals surface area contributed by atoms with Gasteiger partial charge < -0.3 is 20.1 Å². The van der Waals surface area contributed by atoms with E-state index in [1.807, 2.05) is 79.7 Å². The summed E-state index contributed by atoms with van der Waals surface area (Å²) in [5.41, 5.74) is 4.86. The third kappa shape index (κ3) is 8.83. The number of benzene rings is 3. The summed E-state index contributed by atoms with van der Waals surface area (Å²) in [4.78, 5) is 44.4. The SMILES string of the molecule is COc1ccc(C(NC(=O)CSc2nccc(-c3ccccc3)n2)NC(=O)CSc2nc(C)cc(-c3ccccc3)n2)cc1OC. The number of hydrogen-bond acceptors (Lipinski definition) is 10. The summed E-state index contributed by atoms with van der Waals surface area (Å²) < 4.78 is 10.8. The van der Waals surface area contributed by atoms with Gasteiger partial charge in [-0.05, 0) is 36.8 Å². The third-order valence-corrected chi connectivity index (χ3v) is 8.33. The van der Waals surface area contributed by atoms with Crippen molar-refractivity contribution in [1.82, 2.24) is 30.6 Å². The van der Waals surface area contributed by atoms with Crippen LogP contribution in [0.2, 0.25) is 0 Å². The van der Waals surface area contributed by atoms with Gasteiger partial charge in [-0.25, -0.2) is 19.9 Å². The van der Waals surface area contributed by atoms with Crippen molar-refractivity contribution in [3.05, 3.63) is 108 Å². The fourth-order valence-electron chi connectivity index (χ4n) is 4.44. The fourth-order valence-corrected chi connectivity index (χ4v) is 5.80. The van der Waals surface area contributed by atoms with Gasteiger partial charge in [0.25, 0.3) is 0 Å². The Morgan fingerprint density at radius 2 is 1.28 bits per heavy atom. The van der Waals surface area contributed by atoms with Crippen LogP contribution in [-0.4, -0.2) is 57.5 Å². The van der Waals surface area contributed by atoms with Crippen molar-refractivity contribution in [3.8, 4) is 34.0 Å². The number of carbonyl (C=O) groups excluding carboxylic acids is 2. The molecule has 0 saturated heterocycles. The van der Waals surface area contributed by atoms with E-state index in [1.165, 1.54) is 30.6 Å². The standard InChI is InChI=1S/C34H32N6O4S2/c1-22-18-27(24-12-8-5-9-13-24)38-34(36-22)46-21-31(42)40-32(25-14-15-28(43-2)29(19-25)44-3)39-30(41)20-45-33-35-17-16-26(37-33)23-10-6-4-7-11-23/h4-19,32H,20-21H2,1-3H3,(H,39,41)(H,40,42). The zero-order valence-electron chi connectivity index (χ0n) is 25.5. The van der Waals surface area contributed by atoms with Crippen molar-refractivity contribution in [2.24, 2.45) is 0 Å². The van der Waals surface area contributed by atoms with Gasteiger partial charge in [0.1, 0.15) is 6.17 Å². The van der Waals surface area contributed by atoms with Crippen molar-refractivity contribution in [2.75, 3.05) is 25.7 Å². The summed E-state index contributed by atoms with van der Waals surface area (Å²) in [5.74, 6) is 0.419. The summed E-state index contributed by atoms with van der Waals surface area (Å²) in [7, 11) is 3.06. The maximum Gasteiger partial charge on any atom is 0.232 e. The van der Waals surface area contributed by atoms with E-state index in [-0.39, 0.29) is 23.3 Å². The zero-order chi connectivity index (χ0) is 32.3. The summed E-state index contributed by atoms with van der Waals surface area (Å²) >= 11 is 2.42. The average Bonchev–Trinajstić information content (AvgIpc) is 3.10. The van der Waals surface area contributed by atoms with Crippen molar-refractivity contribution in [3.63, 3.8) is 0 Å². The quantitative estimate of drug-likeness (QED) is 0.0923. The van der Waals surface area contributed by atoms with E-state index in [0.717, 1.165) is 28.2 Å². The lowest BCUT2D eigenvalue weighted by atomic mass is 10.1. The second-order valence-electron chi connectivity index (χ2n) is 9.89. The Bertz CT molecular complexity index is 1790. The molecule has 1 unspecified atom stereocenters. The molecule has 5 rings (SSSR count). The number of hydrogen-bond donors (Lipinski definition) is 2. The lowest BCUT2D eigenvalue weighted by Crippen LogP contribution is -2.42. The number of nitrogens with one attached hydrogen (secondary N) is 2. The average molecular weight is 653 g/mol. The minimum absolute atomic E-state index is 0.0338. The molecular formula is C34H32N6O4S2. The van der Waals surface area contributed by atoms with Crippen molar-refractivity contribution >= 4 is 35.3 Å². The monoisotopic (exact) mass is 652 g/mol. The maximum atomic E-state index is 13.2. The van der Waals surface area contributed by atoms with Crippen LogP contribution in [0.1, 0.15) is 17.4 Å². The van der Waals surface area contributed by atoms with Crippen molar-refractivity contribution < 1.29 is 19.1 Å². The number of rotatable bonds is 13. The molecule has 1 atom stereocenters. The fraction of sp³-hybridized carbons (Fsp3) is 0.176. The highest BCUT2D eigenvalue weighted by atomic mass is 32.2. The Kier molecular flexibility index (Phi) is 11.2. The number of ether oxygens (including phenoxy) is 2. The molecule has 3 aromatic carbocycles. The first kappa shape index (κ1) is 32.5. The minimum Gasteiger partial charge on any atom is -0.493 e. The highest BCUT2D eigenvalue weighted by molar-refractivity contribution is 8.00. The first-order valence-corrected chi connectivity index (χ1v) is 16.2. The topological polar surface area (TPSA) is 128 Å². The number of thioether (sulfide) groups is 2. The molecule has 2 amide bonds. The lowest BCUT2D eigenvalue weighted by molar-refractivity contribution is -0.121. The molecule has 10 nitrogen and oxygen atoms in total. The van der Waals surface area contributed by atoms with E-state index >= 15 is 0 Å². The molecular weight excluding hydrogens is 621 g/mol. The van der Waals surface area contributed by atoms with Crippen LogP contribution >= 0.6 is 23.5 Å². The Labute approximate surface area is 275 Å². The van der Waals surface area contributed by atoms with E-state index in [1.54, 1.807) is 31.5 Å². The summed E-state index contributed by atoms with van der Waals surface area (Å²) in [6.45, 7) is 1.89. The normalized spacial score (nSPS) is 11.4. The van der Waals surface area contributed by atoms with Gasteiger partial charge in [-0.3, -0.25) is 9.59 Å². The van der Waals surface area contributed by atoms with E-state index in [2.05, 4.69) is 30.6 Å². The molecule has 46 heavy (non-hydrogen) atoms. The highest BCUT2D eigenvalue weighted by Gasteiger charge is 2.20. The van der Waals surface area contributed by atoms with Gasteiger partial charge in [-0.1, -0.05) is 90.3 Å². The summed E-state index contributed by atoms with van der Waals surface area (Å²) in [5, 5.41) is 6.80. The van der Waals surface area contributed by atoms with E-state index < -0.39 is 6.17 Å². The van der Waals surface area contributed by atoms with Crippen molar-refractivity contribution in [2.45, 2.75) is 23.4 Å². The zero-order valence-corrected chi connectivity index (χ0v) is 27.1. The van der Waals surface area contributed by atoms with Gasteiger partial charge >= 0.3 is 0 Å². The van der Waals surface area contributed by atoms with Crippen LogP contribution in [0.3, 0.4) is 0 Å². The van der Waals surface area contributed by atoms with Crippen LogP contribution in [0.5, 0.6) is 11.5 Å². The first-order valence-electron chi connectivity index (χ1n) is 14.3. The van der Waals surface area contributed by atoms with Crippen LogP contribution in [0.15, 0.2) is 108 Å². The summed E-state index contributed by atoms with van der Waals surface area (Å²) in [6, 6.07) is 28.5. The Morgan fingerprint density at radius 3 is 1.91 bits per heavy atom. The maximum absolute atomic E-state index is 13.2. The Balaban J connectivity index is 1.27. The number of methoxy groups -OCH3 is 2. The van der Waals surface area contributed by atoms with Gasteiger partial charge in [0.15, 0.2) is 21.8 Å². The molecule has 12 heteroatoms. The molecule has 0 radical (unpaired) electrons. The van der Waals surface area contributed by atoms with Gasteiger partial charge in [-0.15, -0.1) is 0 Å². The van der Waals surface area contributed by atoms with Gasteiger partial charge in [0, 0.05) is 23.0 Å². The molecule has 0 saturated carbocycles. The lowest BCUT2D eigenvalue weighted by Gasteiger charge is -2.22. The van der Waals surface area contributed by atoms with Crippen LogP contribution in [0, 0.1) is 6.92 Å². The first-order chi connectivity index (χ1) is 22.4. The van der Waals surface area contributed by atoms with E-state index in [9.17, 15) is 9.59 Å². The predicted molar refractivity (Wildman–Crippen MR) is 180 cm³/mol. The Morgan fingerprint density at radius 1 is 0.696 bits per heavy atom. The highest BCUT2D eigenvalue weighted by Crippen LogP contribution is 2.30. The largest absolute Gasteiger partial charge is 0.493 e. The second kappa shape index (κ2) is 15.9. The molecule has 0 aliphatic carbocycles. The molecule has 2 heterocycles. The van der Waals surface area contributed by atoms with Crippen LogP contribution < -0.4 is 20.1 Å². The molecule has 234 valence electrons. The molecule has 2 N–H and O–H groups in total. The number of amides is 2. The molecule has 0 aliphatic rings. The second-order valence-corrected chi connectivity index (χ2v) is 11.8. The smallest absolute Gasteiger partial charge is 0.232 e. The minimum atomic E-state index is -0.851. The molecule has 0 aliphatic heterocycles. The van der Waals surface area contributed by atoms with E-state index in [0.29, 0.717) is 27.4 Å². The van der Waals surface area contributed by atoms with Crippen LogP contribution in [0.4, 0.5) is 0 Å². The van der Waals surface area contributed by atoms with Crippen LogP contribution in [0.25, 0.3) is 22.5 Å². The molecule has 5 aromatic rings. The summed E-state index contributed by atoms with van der Waals surface area (Å²) in [6.07, 6.45) is 0.816. The van der Waals surface area contributed by atoms with Gasteiger partial charge in [0.05, 0.1) is 37.1 Å². The van der Waals surface area contributed by atoms with Gasteiger partial charge in [-0.2, -0.15) is 0 Å². The molecule has 2 aromatic heterocycles. The van der Waals surface area contributed by atoms with Crippen molar-refractivity contribution in [1.29, 1.82) is 0 Å². The number of carbonyl (C=O) groups is 2. The number of aromatic nitrogens is 4. The molecule has 0 spiro atoms. The number of nitrogens with zero attached hydrogens (tertiary/aromatic N) is 4. The molecule has 0 fully saturated rings. The predicted octanol–water partition coefficient (Wildman–Crippen LogP) is 5.74. The number of aryl methyl sites for hydroxylation is 1. The molecule has 0 bridgehead atoms. The van der Waals surface area contributed by atoms with E-state index in [4.69, 9.17) is 9.47 Å². The van der Waals surface area contributed by atoms with Gasteiger partial charge in [0.2, 0.25) is 11.8 Å². The third-order valence-electron chi connectivity index (χ3n) is 6.62.